The standard InChI is InChI=1S/C17H18BrN3/c18-16-11-15(12-20)7-8-17(16)21(10-4-9-19)13-14-5-2-1-3-6-14/h1-3,5-8,11H,4,9-10,13,19H2. The molecule has 0 aliphatic rings. The first kappa shape index (κ1) is 15.6. The number of nitrogens with two attached hydrogens (primary N) is 1. The normalized spacial score (nSPS) is 10.1. The van der Waals surface area contributed by atoms with Crippen molar-refractivity contribution < 1.29 is 0 Å². The molecule has 2 N–H and O–H groups in total. The second-order valence-corrected chi connectivity index (χ2v) is 5.68. The lowest BCUT2D eigenvalue weighted by atomic mass is 10.1. The van der Waals surface area contributed by atoms with Gasteiger partial charge in [0.15, 0.2) is 0 Å². The van der Waals surface area contributed by atoms with Crippen LogP contribution in [0.4, 0.5) is 5.69 Å². The number of nitriles is 1. The number of rotatable bonds is 6. The van der Waals surface area contributed by atoms with Gasteiger partial charge in [-0.05, 0) is 52.7 Å². The van der Waals surface area contributed by atoms with E-state index in [-0.39, 0.29) is 0 Å². The van der Waals surface area contributed by atoms with Gasteiger partial charge in [-0.2, -0.15) is 5.26 Å². The Kier molecular flexibility index (Phi) is 5.79. The van der Waals surface area contributed by atoms with Gasteiger partial charge in [0, 0.05) is 17.6 Å². The van der Waals surface area contributed by atoms with E-state index < -0.39 is 0 Å². The molecule has 0 radical (unpaired) electrons. The van der Waals surface area contributed by atoms with Crippen molar-refractivity contribution in [2.45, 2.75) is 13.0 Å². The molecule has 0 bridgehead atoms. The molecule has 0 fully saturated rings. The van der Waals surface area contributed by atoms with Gasteiger partial charge in [-0.25, -0.2) is 0 Å². The molecule has 108 valence electrons. The Labute approximate surface area is 134 Å². The highest BCUT2D eigenvalue weighted by Gasteiger charge is 2.11. The predicted molar refractivity (Wildman–Crippen MR) is 90.0 cm³/mol. The smallest absolute Gasteiger partial charge is 0.0992 e. The highest BCUT2D eigenvalue weighted by Crippen LogP contribution is 2.28. The van der Waals surface area contributed by atoms with E-state index in [1.807, 2.05) is 36.4 Å². The number of hydrogen-bond donors (Lipinski definition) is 1. The predicted octanol–water partition coefficient (Wildman–Crippen LogP) is 3.68. The summed E-state index contributed by atoms with van der Waals surface area (Å²) < 4.78 is 0.939. The average molecular weight is 344 g/mol. The minimum Gasteiger partial charge on any atom is -0.366 e. The summed E-state index contributed by atoms with van der Waals surface area (Å²) in [5, 5.41) is 8.97. The van der Waals surface area contributed by atoms with Crippen LogP contribution in [-0.2, 0) is 6.54 Å². The van der Waals surface area contributed by atoms with Gasteiger partial charge in [0.2, 0.25) is 0 Å². The molecule has 0 saturated heterocycles. The summed E-state index contributed by atoms with van der Waals surface area (Å²) >= 11 is 3.57. The Balaban J connectivity index is 2.25. The summed E-state index contributed by atoms with van der Waals surface area (Å²) in [6, 6.07) is 18.2. The van der Waals surface area contributed by atoms with Crippen LogP contribution in [0.1, 0.15) is 17.5 Å². The SMILES string of the molecule is N#Cc1ccc(N(CCCN)Cc2ccccc2)c(Br)c1. The fourth-order valence-corrected chi connectivity index (χ4v) is 2.83. The lowest BCUT2D eigenvalue weighted by molar-refractivity contribution is 0.734. The summed E-state index contributed by atoms with van der Waals surface area (Å²) in [5.74, 6) is 0. The Morgan fingerprint density at radius 3 is 2.52 bits per heavy atom. The van der Waals surface area contributed by atoms with Crippen LogP contribution in [0.5, 0.6) is 0 Å². The molecule has 0 saturated carbocycles. The number of anilines is 1. The van der Waals surface area contributed by atoms with Crippen LogP contribution < -0.4 is 10.6 Å². The van der Waals surface area contributed by atoms with Crippen LogP contribution in [-0.4, -0.2) is 13.1 Å². The summed E-state index contributed by atoms with van der Waals surface area (Å²) in [6.45, 7) is 2.38. The molecule has 2 aromatic rings. The zero-order chi connectivity index (χ0) is 15.1. The summed E-state index contributed by atoms with van der Waals surface area (Å²) in [7, 11) is 0. The molecule has 0 aromatic heterocycles. The first-order chi connectivity index (χ1) is 10.2. The number of hydrogen-bond acceptors (Lipinski definition) is 3. The molecule has 0 aliphatic heterocycles. The molecule has 2 aromatic carbocycles. The molecule has 0 amide bonds. The maximum Gasteiger partial charge on any atom is 0.0992 e. The van der Waals surface area contributed by atoms with E-state index in [2.05, 4.69) is 39.0 Å². The van der Waals surface area contributed by atoms with Crippen LogP contribution in [0.2, 0.25) is 0 Å². The number of nitrogens with zero attached hydrogens (tertiary/aromatic N) is 2. The van der Waals surface area contributed by atoms with Crippen molar-refractivity contribution in [2.24, 2.45) is 5.73 Å². The van der Waals surface area contributed by atoms with Gasteiger partial charge in [0.05, 0.1) is 17.3 Å². The molecular weight excluding hydrogens is 326 g/mol. The van der Waals surface area contributed by atoms with Crippen LogP contribution in [0.25, 0.3) is 0 Å². The van der Waals surface area contributed by atoms with Gasteiger partial charge in [-0.1, -0.05) is 30.3 Å². The van der Waals surface area contributed by atoms with Gasteiger partial charge in [-0.15, -0.1) is 0 Å². The summed E-state index contributed by atoms with van der Waals surface area (Å²) in [4.78, 5) is 2.29. The molecule has 0 aliphatic carbocycles. The highest BCUT2D eigenvalue weighted by atomic mass is 79.9. The number of halogens is 1. The van der Waals surface area contributed by atoms with E-state index >= 15 is 0 Å². The van der Waals surface area contributed by atoms with Crippen LogP contribution in [0.3, 0.4) is 0 Å². The van der Waals surface area contributed by atoms with Crippen LogP contribution >= 0.6 is 15.9 Å². The Morgan fingerprint density at radius 1 is 1.14 bits per heavy atom. The van der Waals surface area contributed by atoms with E-state index in [1.165, 1.54) is 5.56 Å². The molecule has 0 atom stereocenters. The summed E-state index contributed by atoms with van der Waals surface area (Å²) in [6.07, 6.45) is 0.930. The van der Waals surface area contributed by atoms with Crippen LogP contribution in [0.15, 0.2) is 53.0 Å². The average Bonchev–Trinajstić information content (AvgIpc) is 2.52. The Morgan fingerprint density at radius 2 is 1.90 bits per heavy atom. The van der Waals surface area contributed by atoms with E-state index in [0.717, 1.165) is 29.7 Å². The van der Waals surface area contributed by atoms with Crippen molar-refractivity contribution in [3.05, 3.63) is 64.1 Å². The third-order valence-electron chi connectivity index (χ3n) is 3.27. The topological polar surface area (TPSA) is 53.0 Å². The largest absolute Gasteiger partial charge is 0.366 e. The molecule has 21 heavy (non-hydrogen) atoms. The second kappa shape index (κ2) is 7.82. The zero-order valence-electron chi connectivity index (χ0n) is 11.8. The van der Waals surface area contributed by atoms with Crippen molar-refractivity contribution in [2.75, 3.05) is 18.0 Å². The highest BCUT2D eigenvalue weighted by molar-refractivity contribution is 9.10. The Hall–Kier alpha value is -1.83. The maximum atomic E-state index is 8.97. The lowest BCUT2D eigenvalue weighted by Crippen LogP contribution is -2.26. The van der Waals surface area contributed by atoms with Crippen molar-refractivity contribution in [3.8, 4) is 6.07 Å². The molecule has 3 nitrogen and oxygen atoms in total. The fourth-order valence-electron chi connectivity index (χ4n) is 2.20. The summed E-state index contributed by atoms with van der Waals surface area (Å²) in [5.41, 5.74) is 8.65. The van der Waals surface area contributed by atoms with Crippen LogP contribution in [0, 0.1) is 11.3 Å². The van der Waals surface area contributed by atoms with Gasteiger partial charge < -0.3 is 10.6 Å². The van der Waals surface area contributed by atoms with Crippen molar-refractivity contribution >= 4 is 21.6 Å². The van der Waals surface area contributed by atoms with E-state index in [0.29, 0.717) is 12.1 Å². The zero-order valence-corrected chi connectivity index (χ0v) is 13.4. The molecule has 0 unspecified atom stereocenters. The maximum absolute atomic E-state index is 8.97. The molecular formula is C17H18BrN3. The minimum absolute atomic E-state index is 0.657. The molecule has 0 spiro atoms. The fraction of sp³-hybridized carbons (Fsp3) is 0.235. The third kappa shape index (κ3) is 4.32. The lowest BCUT2D eigenvalue weighted by Gasteiger charge is -2.26. The third-order valence-corrected chi connectivity index (χ3v) is 3.90. The van der Waals surface area contributed by atoms with Crippen molar-refractivity contribution in [1.82, 2.24) is 0 Å². The number of benzene rings is 2. The molecule has 4 heteroatoms. The van der Waals surface area contributed by atoms with Gasteiger partial charge in [-0.3, -0.25) is 0 Å². The molecule has 0 heterocycles. The van der Waals surface area contributed by atoms with Gasteiger partial charge >= 0.3 is 0 Å². The quantitative estimate of drug-likeness (QED) is 0.870. The Bertz CT molecular complexity index is 620. The first-order valence-electron chi connectivity index (χ1n) is 6.93. The van der Waals surface area contributed by atoms with E-state index in [1.54, 1.807) is 0 Å². The van der Waals surface area contributed by atoms with E-state index in [4.69, 9.17) is 11.0 Å². The second-order valence-electron chi connectivity index (χ2n) is 4.83. The first-order valence-corrected chi connectivity index (χ1v) is 7.72. The van der Waals surface area contributed by atoms with Gasteiger partial charge in [0.1, 0.15) is 0 Å². The van der Waals surface area contributed by atoms with Crippen molar-refractivity contribution in [1.29, 1.82) is 5.26 Å². The minimum atomic E-state index is 0.657. The monoisotopic (exact) mass is 343 g/mol. The van der Waals surface area contributed by atoms with Gasteiger partial charge in [0.25, 0.3) is 0 Å². The molecule has 2 rings (SSSR count). The van der Waals surface area contributed by atoms with Crippen molar-refractivity contribution in [3.63, 3.8) is 0 Å². The van der Waals surface area contributed by atoms with E-state index in [9.17, 15) is 0 Å².